The average Bonchev–Trinajstić information content (AvgIpc) is 2.86. The van der Waals surface area contributed by atoms with Crippen molar-refractivity contribution in [1.29, 1.82) is 0 Å². The van der Waals surface area contributed by atoms with Crippen LogP contribution < -0.4 is 0 Å². The van der Waals surface area contributed by atoms with Gasteiger partial charge in [-0.15, -0.1) is 0 Å². The third kappa shape index (κ3) is 2.75. The molecule has 2 atom stereocenters. The van der Waals surface area contributed by atoms with E-state index in [1.807, 2.05) is 60.7 Å². The lowest BCUT2D eigenvalue weighted by atomic mass is 9.75. The SMILES string of the molecule is CCCCC1C(=O)C=C(c2ccccc2)C1(O)c1ccccc1. The second-order valence-electron chi connectivity index (χ2n) is 6.15. The summed E-state index contributed by atoms with van der Waals surface area (Å²) >= 11 is 0. The van der Waals surface area contributed by atoms with Crippen LogP contribution in [0.2, 0.25) is 0 Å². The summed E-state index contributed by atoms with van der Waals surface area (Å²) in [5.41, 5.74) is 1.18. The van der Waals surface area contributed by atoms with Crippen LogP contribution in [0.4, 0.5) is 0 Å². The molecule has 0 heterocycles. The van der Waals surface area contributed by atoms with Gasteiger partial charge < -0.3 is 5.11 Å². The minimum absolute atomic E-state index is 0.0312. The highest BCUT2D eigenvalue weighted by molar-refractivity contribution is 6.07. The Labute approximate surface area is 137 Å². The quantitative estimate of drug-likeness (QED) is 0.892. The second kappa shape index (κ2) is 6.51. The van der Waals surface area contributed by atoms with Gasteiger partial charge in [0.05, 0.1) is 5.92 Å². The van der Waals surface area contributed by atoms with Gasteiger partial charge in [-0.1, -0.05) is 80.4 Å². The first-order valence-corrected chi connectivity index (χ1v) is 8.27. The van der Waals surface area contributed by atoms with E-state index in [0.717, 1.165) is 29.5 Å². The molecule has 0 fully saturated rings. The van der Waals surface area contributed by atoms with Crippen LogP contribution in [0.1, 0.15) is 37.3 Å². The molecule has 2 aromatic carbocycles. The topological polar surface area (TPSA) is 37.3 Å². The van der Waals surface area contributed by atoms with Crippen molar-refractivity contribution >= 4 is 11.4 Å². The Morgan fingerprint density at radius 1 is 1.00 bits per heavy atom. The minimum Gasteiger partial charge on any atom is -0.380 e. The molecular formula is C21H22O2. The number of carbonyl (C=O) groups excluding carboxylic acids is 1. The Bertz CT molecular complexity index is 703. The molecule has 3 rings (SSSR count). The van der Waals surface area contributed by atoms with Gasteiger partial charge >= 0.3 is 0 Å². The van der Waals surface area contributed by atoms with E-state index in [1.165, 1.54) is 0 Å². The third-order valence-corrected chi connectivity index (χ3v) is 4.69. The van der Waals surface area contributed by atoms with Crippen molar-refractivity contribution < 1.29 is 9.90 Å². The van der Waals surface area contributed by atoms with Crippen molar-refractivity contribution in [2.75, 3.05) is 0 Å². The third-order valence-electron chi connectivity index (χ3n) is 4.69. The molecule has 1 N–H and O–H groups in total. The Morgan fingerprint density at radius 3 is 2.22 bits per heavy atom. The van der Waals surface area contributed by atoms with Crippen molar-refractivity contribution in [1.82, 2.24) is 0 Å². The molecule has 2 heteroatoms. The van der Waals surface area contributed by atoms with Crippen LogP contribution in [0, 0.1) is 5.92 Å². The Morgan fingerprint density at radius 2 is 1.61 bits per heavy atom. The zero-order valence-corrected chi connectivity index (χ0v) is 13.4. The molecule has 0 radical (unpaired) electrons. The Balaban J connectivity index is 2.11. The van der Waals surface area contributed by atoms with E-state index in [9.17, 15) is 9.90 Å². The fourth-order valence-corrected chi connectivity index (χ4v) is 3.48. The van der Waals surface area contributed by atoms with Gasteiger partial charge in [0.1, 0.15) is 5.60 Å². The van der Waals surface area contributed by atoms with Gasteiger partial charge in [0, 0.05) is 0 Å². The molecule has 0 aliphatic heterocycles. The van der Waals surface area contributed by atoms with E-state index in [4.69, 9.17) is 0 Å². The molecule has 0 saturated heterocycles. The van der Waals surface area contributed by atoms with Crippen LogP contribution in [-0.2, 0) is 10.4 Å². The van der Waals surface area contributed by atoms with Gasteiger partial charge in [0.25, 0.3) is 0 Å². The summed E-state index contributed by atoms with van der Waals surface area (Å²) in [5, 5.41) is 11.6. The van der Waals surface area contributed by atoms with E-state index >= 15 is 0 Å². The van der Waals surface area contributed by atoms with E-state index in [-0.39, 0.29) is 5.78 Å². The van der Waals surface area contributed by atoms with Crippen molar-refractivity contribution in [3.8, 4) is 0 Å². The highest BCUT2D eigenvalue weighted by atomic mass is 16.3. The normalized spacial score (nSPS) is 23.8. The zero-order chi connectivity index (χ0) is 16.3. The standard InChI is InChI=1S/C21H22O2/c1-2-3-14-18-20(22)15-19(16-10-6-4-7-11-16)21(18,23)17-12-8-5-9-13-17/h4-13,15,18,23H,2-3,14H2,1H3. The first-order chi connectivity index (χ1) is 11.2. The smallest absolute Gasteiger partial charge is 0.162 e. The minimum atomic E-state index is -1.24. The zero-order valence-electron chi connectivity index (χ0n) is 13.4. The van der Waals surface area contributed by atoms with Crippen LogP contribution in [-0.4, -0.2) is 10.9 Å². The van der Waals surface area contributed by atoms with Gasteiger partial charge in [-0.25, -0.2) is 0 Å². The highest BCUT2D eigenvalue weighted by Gasteiger charge is 2.49. The van der Waals surface area contributed by atoms with Crippen LogP contribution in [0.15, 0.2) is 66.7 Å². The van der Waals surface area contributed by atoms with Crippen LogP contribution in [0.3, 0.4) is 0 Å². The molecular weight excluding hydrogens is 284 g/mol. The molecule has 2 unspecified atom stereocenters. The maximum absolute atomic E-state index is 12.6. The summed E-state index contributed by atoms with van der Waals surface area (Å²) in [6.07, 6.45) is 4.28. The average molecular weight is 306 g/mol. The number of ketones is 1. The summed E-state index contributed by atoms with van der Waals surface area (Å²) < 4.78 is 0. The van der Waals surface area contributed by atoms with Crippen molar-refractivity contribution in [3.05, 3.63) is 77.9 Å². The first-order valence-electron chi connectivity index (χ1n) is 8.27. The van der Waals surface area contributed by atoms with E-state index in [2.05, 4.69) is 6.92 Å². The summed E-state index contributed by atoms with van der Waals surface area (Å²) in [4.78, 5) is 12.6. The predicted octanol–water partition coefficient (Wildman–Crippen LogP) is 4.35. The van der Waals surface area contributed by atoms with Gasteiger partial charge in [-0.3, -0.25) is 4.79 Å². The number of carbonyl (C=O) groups is 1. The second-order valence-corrected chi connectivity index (χ2v) is 6.15. The van der Waals surface area contributed by atoms with Gasteiger partial charge in [-0.2, -0.15) is 0 Å². The lowest BCUT2D eigenvalue weighted by molar-refractivity contribution is -0.123. The molecule has 1 aliphatic carbocycles. The number of aliphatic hydroxyl groups is 1. The number of hydrogen-bond acceptors (Lipinski definition) is 2. The van der Waals surface area contributed by atoms with Gasteiger partial charge in [-0.05, 0) is 29.2 Å². The van der Waals surface area contributed by atoms with E-state index < -0.39 is 11.5 Å². The fraction of sp³-hybridized carbons (Fsp3) is 0.286. The van der Waals surface area contributed by atoms with Crippen molar-refractivity contribution in [2.24, 2.45) is 5.92 Å². The lowest BCUT2D eigenvalue weighted by Gasteiger charge is -2.33. The molecule has 0 bridgehead atoms. The maximum Gasteiger partial charge on any atom is 0.162 e. The summed E-state index contributed by atoms with van der Waals surface area (Å²) in [5.74, 6) is -0.372. The molecule has 23 heavy (non-hydrogen) atoms. The molecule has 118 valence electrons. The molecule has 0 saturated carbocycles. The van der Waals surface area contributed by atoms with E-state index in [1.54, 1.807) is 6.08 Å². The van der Waals surface area contributed by atoms with Crippen LogP contribution in [0.25, 0.3) is 5.57 Å². The molecule has 0 amide bonds. The van der Waals surface area contributed by atoms with Gasteiger partial charge in [0.15, 0.2) is 5.78 Å². The number of allylic oxidation sites excluding steroid dienone is 1. The van der Waals surface area contributed by atoms with Crippen LogP contribution >= 0.6 is 0 Å². The summed E-state index contributed by atoms with van der Waals surface area (Å²) in [6, 6.07) is 19.3. The van der Waals surface area contributed by atoms with Crippen molar-refractivity contribution in [2.45, 2.75) is 31.8 Å². The number of hydrogen-bond donors (Lipinski definition) is 1. The Hall–Kier alpha value is -2.19. The number of benzene rings is 2. The first kappa shape index (κ1) is 15.7. The molecule has 2 aromatic rings. The molecule has 0 aromatic heterocycles. The summed E-state index contributed by atoms with van der Waals surface area (Å²) in [6.45, 7) is 2.10. The number of rotatable bonds is 5. The van der Waals surface area contributed by atoms with Gasteiger partial charge in [0.2, 0.25) is 0 Å². The van der Waals surface area contributed by atoms with E-state index in [0.29, 0.717) is 6.42 Å². The molecule has 1 aliphatic rings. The lowest BCUT2D eigenvalue weighted by Crippen LogP contribution is -2.35. The fourth-order valence-electron chi connectivity index (χ4n) is 3.48. The Kier molecular flexibility index (Phi) is 4.44. The molecule has 2 nitrogen and oxygen atoms in total. The highest BCUT2D eigenvalue weighted by Crippen LogP contribution is 2.48. The number of unbranched alkanes of at least 4 members (excludes halogenated alkanes) is 1. The summed E-state index contributed by atoms with van der Waals surface area (Å²) in [7, 11) is 0. The predicted molar refractivity (Wildman–Crippen MR) is 92.8 cm³/mol. The monoisotopic (exact) mass is 306 g/mol. The van der Waals surface area contributed by atoms with Crippen molar-refractivity contribution in [3.63, 3.8) is 0 Å². The maximum atomic E-state index is 12.6. The van der Waals surface area contributed by atoms with Crippen LogP contribution in [0.5, 0.6) is 0 Å². The largest absolute Gasteiger partial charge is 0.380 e. The molecule has 0 spiro atoms.